The molecule has 1 aliphatic rings. The number of ether oxygens (including phenoxy) is 1. The van der Waals surface area contributed by atoms with Crippen molar-refractivity contribution in [2.75, 3.05) is 6.61 Å². The van der Waals surface area contributed by atoms with E-state index >= 15 is 0 Å². The number of carbonyl (C=O) groups is 1. The van der Waals surface area contributed by atoms with Gasteiger partial charge in [-0.1, -0.05) is 42.5 Å². The third-order valence-corrected chi connectivity index (χ3v) is 9.80. The van der Waals surface area contributed by atoms with Crippen LogP contribution >= 0.6 is 58.4 Å². The Hall–Kier alpha value is 0.890. The lowest BCUT2D eigenvalue weighted by atomic mass is 10.0. The lowest BCUT2D eigenvalue weighted by molar-refractivity contribution is -0.145. The molecular formula is C13H21Cl4NO4S2. The van der Waals surface area contributed by atoms with Crippen molar-refractivity contribution in [1.82, 2.24) is 3.71 Å². The average Bonchev–Trinajstić information content (AvgIpc) is 2.52. The van der Waals surface area contributed by atoms with E-state index < -0.39 is 35.8 Å². The molecule has 142 valence electrons. The van der Waals surface area contributed by atoms with Crippen LogP contribution in [0.1, 0.15) is 46.0 Å². The monoisotopic (exact) mass is 459 g/mol. The van der Waals surface area contributed by atoms with E-state index in [0.717, 1.165) is 23.0 Å². The summed E-state index contributed by atoms with van der Waals surface area (Å²) >= 11 is 24.1. The molecule has 11 heteroatoms. The van der Waals surface area contributed by atoms with Gasteiger partial charge in [0.25, 0.3) is 0 Å². The Kier molecular flexibility index (Phi) is 9.28. The van der Waals surface area contributed by atoms with E-state index in [0.29, 0.717) is 24.8 Å². The highest BCUT2D eigenvalue weighted by molar-refractivity contribution is 8.11. The maximum absolute atomic E-state index is 13.0. The van der Waals surface area contributed by atoms with Crippen molar-refractivity contribution in [2.24, 2.45) is 0 Å². The first-order valence-electron chi connectivity index (χ1n) is 7.59. The topological polar surface area (TPSA) is 63.7 Å². The second-order valence-electron chi connectivity index (χ2n) is 5.44. The standard InChI is InChI=1S/C13H21Cl4NO4S2/c1-3-22-11(19)9(2)18(23-13(16,17)12(14)15)24(20,21)10-7-5-4-6-8-10/h9-10,12H,3-8H2,1-2H3. The minimum absolute atomic E-state index is 0.131. The van der Waals surface area contributed by atoms with Crippen molar-refractivity contribution in [3.63, 3.8) is 0 Å². The Balaban J connectivity index is 3.13. The molecule has 1 aliphatic carbocycles. The molecule has 0 N–H and O–H groups in total. The molecular weight excluding hydrogens is 440 g/mol. The van der Waals surface area contributed by atoms with E-state index in [1.807, 2.05) is 0 Å². The number of nitrogens with zero attached hydrogens (tertiary/aromatic N) is 1. The van der Waals surface area contributed by atoms with Crippen LogP contribution in [-0.4, -0.2) is 44.5 Å². The van der Waals surface area contributed by atoms with Gasteiger partial charge < -0.3 is 4.74 Å². The maximum Gasteiger partial charge on any atom is 0.325 e. The Labute approximate surface area is 167 Å². The molecule has 0 spiro atoms. The molecule has 0 amide bonds. The molecule has 0 aromatic heterocycles. The largest absolute Gasteiger partial charge is 0.465 e. The van der Waals surface area contributed by atoms with E-state index in [9.17, 15) is 13.2 Å². The second-order valence-corrected chi connectivity index (χ2v) is 11.9. The minimum atomic E-state index is -3.84. The first kappa shape index (κ1) is 22.9. The average molecular weight is 461 g/mol. The van der Waals surface area contributed by atoms with Crippen molar-refractivity contribution in [3.8, 4) is 0 Å². The van der Waals surface area contributed by atoms with Crippen molar-refractivity contribution >= 4 is 74.3 Å². The van der Waals surface area contributed by atoms with Gasteiger partial charge in [0.05, 0.1) is 11.9 Å². The highest BCUT2D eigenvalue weighted by atomic mass is 35.5. The summed E-state index contributed by atoms with van der Waals surface area (Å²) in [6.07, 6.45) is 3.68. The molecule has 0 aliphatic heterocycles. The van der Waals surface area contributed by atoms with Crippen LogP contribution in [-0.2, 0) is 19.6 Å². The summed E-state index contributed by atoms with van der Waals surface area (Å²) < 4.78 is 30.1. The van der Waals surface area contributed by atoms with Crippen LogP contribution in [0.15, 0.2) is 0 Å². The van der Waals surface area contributed by atoms with Crippen LogP contribution in [0.5, 0.6) is 0 Å². The van der Waals surface area contributed by atoms with Crippen LogP contribution in [0.25, 0.3) is 0 Å². The predicted octanol–water partition coefficient (Wildman–Crippen LogP) is 4.49. The van der Waals surface area contributed by atoms with Crippen molar-refractivity contribution in [3.05, 3.63) is 0 Å². The summed E-state index contributed by atoms with van der Waals surface area (Å²) in [7, 11) is -3.84. The number of halogens is 4. The molecule has 0 aromatic rings. The lowest BCUT2D eigenvalue weighted by Gasteiger charge is -2.34. The number of hydrogen-bond donors (Lipinski definition) is 0. The molecule has 0 radical (unpaired) electrons. The quantitative estimate of drug-likeness (QED) is 0.303. The third-order valence-electron chi connectivity index (χ3n) is 3.63. The normalized spacial score (nSPS) is 18.8. The van der Waals surface area contributed by atoms with Gasteiger partial charge in [-0.25, -0.2) is 8.42 Å². The SMILES string of the molecule is CCOC(=O)C(C)N(SC(Cl)(Cl)C(Cl)Cl)S(=O)(=O)C1CCCCC1. The van der Waals surface area contributed by atoms with Crippen molar-refractivity contribution in [2.45, 2.75) is 65.7 Å². The van der Waals surface area contributed by atoms with Crippen LogP contribution in [0.3, 0.4) is 0 Å². The summed E-state index contributed by atoms with van der Waals surface area (Å²) in [6.45, 7) is 3.19. The number of rotatable bonds is 8. The molecule has 1 saturated carbocycles. The number of carbonyl (C=O) groups excluding carboxylic acids is 1. The summed E-state index contributed by atoms with van der Waals surface area (Å²) in [4.78, 5) is 10.8. The van der Waals surface area contributed by atoms with Gasteiger partial charge in [0, 0.05) is 0 Å². The first-order valence-corrected chi connectivity index (χ1v) is 11.5. The molecule has 0 heterocycles. The van der Waals surface area contributed by atoms with E-state index in [4.69, 9.17) is 51.1 Å². The summed E-state index contributed by atoms with van der Waals surface area (Å²) in [5, 5.41) is -0.594. The van der Waals surface area contributed by atoms with E-state index in [1.165, 1.54) is 6.92 Å². The van der Waals surface area contributed by atoms with Crippen LogP contribution < -0.4 is 0 Å². The van der Waals surface area contributed by atoms with E-state index in [2.05, 4.69) is 0 Å². The van der Waals surface area contributed by atoms with Crippen molar-refractivity contribution in [1.29, 1.82) is 0 Å². The van der Waals surface area contributed by atoms with Gasteiger partial charge in [0.1, 0.15) is 6.04 Å². The third kappa shape index (κ3) is 5.96. The van der Waals surface area contributed by atoms with E-state index in [1.54, 1.807) is 6.92 Å². The van der Waals surface area contributed by atoms with Gasteiger partial charge in [-0.2, -0.15) is 0 Å². The molecule has 5 nitrogen and oxygen atoms in total. The van der Waals surface area contributed by atoms with Crippen LogP contribution in [0.2, 0.25) is 0 Å². The van der Waals surface area contributed by atoms with Gasteiger partial charge in [-0.05, 0) is 38.6 Å². The highest BCUT2D eigenvalue weighted by Gasteiger charge is 2.46. The Morgan fingerprint density at radius 2 is 1.83 bits per heavy atom. The lowest BCUT2D eigenvalue weighted by Crippen LogP contribution is -2.46. The molecule has 0 bridgehead atoms. The fourth-order valence-corrected chi connectivity index (χ4v) is 6.75. The highest BCUT2D eigenvalue weighted by Crippen LogP contribution is 2.47. The maximum atomic E-state index is 13.0. The smallest absolute Gasteiger partial charge is 0.325 e. The van der Waals surface area contributed by atoms with Crippen LogP contribution in [0.4, 0.5) is 0 Å². The first-order chi connectivity index (χ1) is 11.0. The Morgan fingerprint density at radius 1 is 1.29 bits per heavy atom. The Morgan fingerprint density at radius 3 is 2.29 bits per heavy atom. The molecule has 24 heavy (non-hydrogen) atoms. The van der Waals surface area contributed by atoms with Crippen molar-refractivity contribution < 1.29 is 17.9 Å². The zero-order valence-electron chi connectivity index (χ0n) is 13.4. The number of hydrogen-bond acceptors (Lipinski definition) is 5. The minimum Gasteiger partial charge on any atom is -0.465 e. The molecule has 0 saturated heterocycles. The summed E-state index contributed by atoms with van der Waals surface area (Å²) in [5.41, 5.74) is 0. The molecule has 1 unspecified atom stereocenters. The van der Waals surface area contributed by atoms with Crippen LogP contribution in [0, 0.1) is 0 Å². The Bertz CT molecular complexity index is 524. The van der Waals surface area contributed by atoms with Gasteiger partial charge in [0.2, 0.25) is 13.7 Å². The fraction of sp³-hybridized carbons (Fsp3) is 0.923. The number of alkyl halides is 4. The zero-order valence-corrected chi connectivity index (χ0v) is 18.0. The fourth-order valence-electron chi connectivity index (χ4n) is 2.37. The molecule has 1 fully saturated rings. The number of sulfonamides is 1. The van der Waals surface area contributed by atoms with Gasteiger partial charge in [-0.15, -0.1) is 26.9 Å². The summed E-state index contributed by atoms with van der Waals surface area (Å²) in [6, 6.07) is -1.11. The van der Waals surface area contributed by atoms with Gasteiger partial charge >= 0.3 is 5.97 Å². The predicted molar refractivity (Wildman–Crippen MR) is 101 cm³/mol. The van der Waals surface area contributed by atoms with Gasteiger partial charge in [0.15, 0.2) is 4.84 Å². The molecule has 0 aromatic carbocycles. The second kappa shape index (κ2) is 9.72. The summed E-state index contributed by atoms with van der Waals surface area (Å²) in [5.74, 6) is -0.686. The van der Waals surface area contributed by atoms with E-state index in [-0.39, 0.29) is 6.61 Å². The molecule has 1 atom stereocenters. The molecule has 1 rings (SSSR count). The zero-order chi connectivity index (χ0) is 18.5. The van der Waals surface area contributed by atoms with Gasteiger partial charge in [-0.3, -0.25) is 4.79 Å². The number of esters is 1.